The van der Waals surface area contributed by atoms with E-state index < -0.39 is 27.9 Å². The Morgan fingerprint density at radius 3 is 2.71 bits per heavy atom. The summed E-state index contributed by atoms with van der Waals surface area (Å²) in [6.45, 7) is 0.142. The molecule has 1 atom stereocenters. The van der Waals surface area contributed by atoms with Crippen molar-refractivity contribution in [1.29, 1.82) is 0 Å². The Bertz CT molecular complexity index is 837. The second-order valence-electron chi connectivity index (χ2n) is 4.55. The van der Waals surface area contributed by atoms with Crippen molar-refractivity contribution in [3.63, 3.8) is 0 Å². The Hall–Kier alpha value is -2.22. The number of para-hydroxylation sites is 1. The zero-order valence-electron chi connectivity index (χ0n) is 11.3. The van der Waals surface area contributed by atoms with E-state index in [2.05, 4.69) is 4.98 Å². The van der Waals surface area contributed by atoms with E-state index in [0.29, 0.717) is 12.2 Å². The molecule has 7 nitrogen and oxygen atoms in total. The molecule has 0 fully saturated rings. The number of carbonyl (C=O) groups is 1. The first-order chi connectivity index (χ1) is 9.91. The van der Waals surface area contributed by atoms with Crippen molar-refractivity contribution < 1.29 is 14.1 Å². The van der Waals surface area contributed by atoms with E-state index in [4.69, 9.17) is 0 Å². The number of carboxylic acids is 1. The van der Waals surface area contributed by atoms with Gasteiger partial charge in [-0.2, -0.15) is 0 Å². The third-order valence-electron chi connectivity index (χ3n) is 3.04. The van der Waals surface area contributed by atoms with E-state index in [1.807, 2.05) is 0 Å². The summed E-state index contributed by atoms with van der Waals surface area (Å²) in [5, 5.41) is 9.23. The summed E-state index contributed by atoms with van der Waals surface area (Å²) in [7, 11) is -1.02. The molecular weight excluding hydrogens is 296 g/mol. The van der Waals surface area contributed by atoms with Gasteiger partial charge in [-0.3, -0.25) is 13.8 Å². The minimum Gasteiger partial charge on any atom is -0.478 e. The van der Waals surface area contributed by atoms with Gasteiger partial charge in [-0.15, -0.1) is 0 Å². The van der Waals surface area contributed by atoms with Crippen LogP contribution in [0, 0.1) is 0 Å². The Morgan fingerprint density at radius 1 is 1.38 bits per heavy atom. The molecule has 2 aromatic rings. The minimum atomic E-state index is -1.18. The van der Waals surface area contributed by atoms with Gasteiger partial charge in [0.1, 0.15) is 0 Å². The first-order valence-electron chi connectivity index (χ1n) is 6.21. The number of carboxylic acid groups (broad SMARTS) is 1. The third kappa shape index (κ3) is 3.10. The van der Waals surface area contributed by atoms with E-state index >= 15 is 0 Å². The summed E-state index contributed by atoms with van der Waals surface area (Å²) in [6, 6.07) is 4.41. The van der Waals surface area contributed by atoms with Crippen molar-refractivity contribution in [3.05, 3.63) is 44.5 Å². The van der Waals surface area contributed by atoms with Gasteiger partial charge in [-0.25, -0.2) is 4.79 Å². The van der Waals surface area contributed by atoms with Gasteiger partial charge in [0.05, 0.1) is 16.6 Å². The summed E-state index contributed by atoms with van der Waals surface area (Å²) in [5.41, 5.74) is -1.20. The Balaban J connectivity index is 2.67. The molecule has 2 N–H and O–H groups in total. The van der Waals surface area contributed by atoms with Crippen LogP contribution in [0.1, 0.15) is 16.8 Å². The molecule has 1 heterocycles. The predicted molar refractivity (Wildman–Crippen MR) is 79.3 cm³/mol. The summed E-state index contributed by atoms with van der Waals surface area (Å²) in [6.07, 6.45) is 1.96. The Labute approximate surface area is 121 Å². The summed E-state index contributed by atoms with van der Waals surface area (Å²) in [4.78, 5) is 37.3. The molecule has 1 aromatic carbocycles. The number of rotatable bonds is 5. The molecule has 0 spiro atoms. The maximum absolute atomic E-state index is 12.0. The zero-order valence-corrected chi connectivity index (χ0v) is 12.1. The SMILES string of the molecule is CS(=O)CCCn1c(=O)c(=O)[nH]c2cccc(C(=O)O)c21. The fraction of sp³-hybridized carbons (Fsp3) is 0.308. The monoisotopic (exact) mass is 310 g/mol. The van der Waals surface area contributed by atoms with E-state index in [0.717, 1.165) is 4.57 Å². The number of hydrogen-bond donors (Lipinski definition) is 2. The maximum Gasteiger partial charge on any atom is 0.337 e. The highest BCUT2D eigenvalue weighted by Crippen LogP contribution is 2.15. The average molecular weight is 310 g/mol. The Kier molecular flexibility index (Phi) is 4.37. The van der Waals surface area contributed by atoms with Crippen molar-refractivity contribution in [2.75, 3.05) is 12.0 Å². The molecule has 0 aliphatic rings. The summed E-state index contributed by atoms with van der Waals surface area (Å²) in [5.74, 6) is -0.810. The fourth-order valence-electron chi connectivity index (χ4n) is 2.15. The lowest BCUT2D eigenvalue weighted by atomic mass is 10.1. The van der Waals surface area contributed by atoms with E-state index in [1.54, 1.807) is 6.26 Å². The van der Waals surface area contributed by atoms with Gasteiger partial charge in [0.2, 0.25) is 0 Å². The third-order valence-corrected chi connectivity index (χ3v) is 3.90. The minimum absolute atomic E-state index is 0.0570. The number of aromatic amines is 1. The van der Waals surface area contributed by atoms with E-state index in [1.165, 1.54) is 18.2 Å². The highest BCUT2D eigenvalue weighted by molar-refractivity contribution is 7.84. The van der Waals surface area contributed by atoms with E-state index in [9.17, 15) is 23.7 Å². The van der Waals surface area contributed by atoms with Crippen molar-refractivity contribution in [3.8, 4) is 0 Å². The number of aromatic nitrogens is 2. The molecular formula is C13H14N2O5S. The number of aryl methyl sites for hydroxylation is 1. The van der Waals surface area contributed by atoms with Gasteiger partial charge in [0, 0.05) is 29.4 Å². The van der Waals surface area contributed by atoms with Crippen LogP contribution in [0.25, 0.3) is 11.0 Å². The molecule has 0 radical (unpaired) electrons. The molecule has 0 aliphatic heterocycles. The lowest BCUT2D eigenvalue weighted by Crippen LogP contribution is -2.37. The highest BCUT2D eigenvalue weighted by Gasteiger charge is 2.15. The molecule has 21 heavy (non-hydrogen) atoms. The second kappa shape index (κ2) is 6.04. The standard InChI is InChI=1S/C13H14N2O5S/c1-21(20)7-3-6-15-10-8(13(18)19)4-2-5-9(10)14-11(16)12(15)17/h2,4-5H,3,6-7H2,1H3,(H,14,16)(H,18,19). The number of fused-ring (bicyclic) bond motifs is 1. The average Bonchev–Trinajstić information content (AvgIpc) is 2.41. The summed E-state index contributed by atoms with van der Waals surface area (Å²) >= 11 is 0. The largest absolute Gasteiger partial charge is 0.478 e. The van der Waals surface area contributed by atoms with Crippen LogP contribution in [0.5, 0.6) is 0 Å². The van der Waals surface area contributed by atoms with Gasteiger partial charge in [0.25, 0.3) is 0 Å². The molecule has 0 amide bonds. The van der Waals surface area contributed by atoms with Crippen molar-refractivity contribution >= 4 is 27.8 Å². The van der Waals surface area contributed by atoms with Gasteiger partial charge >= 0.3 is 17.1 Å². The van der Waals surface area contributed by atoms with Crippen molar-refractivity contribution in [2.24, 2.45) is 0 Å². The molecule has 0 aliphatic carbocycles. The number of benzene rings is 1. The number of aromatic carboxylic acids is 1. The molecule has 0 bridgehead atoms. The summed E-state index contributed by atoms with van der Waals surface area (Å²) < 4.78 is 12.2. The van der Waals surface area contributed by atoms with Crippen LogP contribution >= 0.6 is 0 Å². The molecule has 1 aromatic heterocycles. The first-order valence-corrected chi connectivity index (χ1v) is 7.93. The molecule has 0 saturated heterocycles. The molecule has 8 heteroatoms. The van der Waals surface area contributed by atoms with Crippen LogP contribution < -0.4 is 11.1 Å². The zero-order chi connectivity index (χ0) is 15.6. The maximum atomic E-state index is 12.0. The lowest BCUT2D eigenvalue weighted by Gasteiger charge is -2.11. The van der Waals surface area contributed by atoms with Crippen LogP contribution in [0.15, 0.2) is 27.8 Å². The second-order valence-corrected chi connectivity index (χ2v) is 6.10. The number of H-pyrrole nitrogens is 1. The quantitative estimate of drug-likeness (QED) is 0.764. The Morgan fingerprint density at radius 2 is 2.10 bits per heavy atom. The molecule has 112 valence electrons. The normalized spacial score (nSPS) is 12.4. The molecule has 0 saturated carbocycles. The lowest BCUT2D eigenvalue weighted by molar-refractivity contribution is 0.0698. The van der Waals surface area contributed by atoms with Gasteiger partial charge in [-0.05, 0) is 18.6 Å². The predicted octanol–water partition coefficient (Wildman–Crippen LogP) is 0.157. The van der Waals surface area contributed by atoms with E-state index in [-0.39, 0.29) is 23.1 Å². The fourth-order valence-corrected chi connectivity index (χ4v) is 2.68. The van der Waals surface area contributed by atoms with Crippen LogP contribution in [-0.2, 0) is 17.3 Å². The molecule has 2 rings (SSSR count). The first kappa shape index (κ1) is 15.2. The van der Waals surface area contributed by atoms with Crippen LogP contribution in [0.2, 0.25) is 0 Å². The number of hydrogen-bond acceptors (Lipinski definition) is 4. The number of nitrogens with zero attached hydrogens (tertiary/aromatic N) is 1. The van der Waals surface area contributed by atoms with Gasteiger partial charge in [0.15, 0.2) is 0 Å². The highest BCUT2D eigenvalue weighted by atomic mass is 32.2. The van der Waals surface area contributed by atoms with Crippen LogP contribution in [-0.4, -0.2) is 36.8 Å². The van der Waals surface area contributed by atoms with Gasteiger partial charge < -0.3 is 14.7 Å². The number of nitrogens with one attached hydrogen (secondary N) is 1. The topological polar surface area (TPSA) is 109 Å². The van der Waals surface area contributed by atoms with Crippen molar-refractivity contribution in [1.82, 2.24) is 9.55 Å². The van der Waals surface area contributed by atoms with Crippen molar-refractivity contribution in [2.45, 2.75) is 13.0 Å². The molecule has 1 unspecified atom stereocenters. The smallest absolute Gasteiger partial charge is 0.337 e. The van der Waals surface area contributed by atoms with Gasteiger partial charge in [-0.1, -0.05) is 6.07 Å². The van der Waals surface area contributed by atoms with Crippen LogP contribution in [0.3, 0.4) is 0 Å². The van der Waals surface area contributed by atoms with Crippen LogP contribution in [0.4, 0.5) is 0 Å².